The van der Waals surface area contributed by atoms with Crippen molar-refractivity contribution in [3.8, 4) is 0 Å². The van der Waals surface area contributed by atoms with E-state index >= 15 is 0 Å². The molecule has 1 atom stereocenters. The fourth-order valence-electron chi connectivity index (χ4n) is 1.95. The van der Waals surface area contributed by atoms with Crippen molar-refractivity contribution in [1.82, 2.24) is 0 Å². The first-order valence-electron chi connectivity index (χ1n) is 4.76. The summed E-state index contributed by atoms with van der Waals surface area (Å²) in [7, 11) is 0. The van der Waals surface area contributed by atoms with Crippen LogP contribution in [0.15, 0.2) is 12.3 Å². The van der Waals surface area contributed by atoms with Crippen LogP contribution in [0.1, 0.15) is 25.7 Å². The van der Waals surface area contributed by atoms with Crippen LogP contribution in [-0.2, 0) is 14.3 Å². The van der Waals surface area contributed by atoms with Gasteiger partial charge in [-0.2, -0.15) is 0 Å². The van der Waals surface area contributed by atoms with Gasteiger partial charge < -0.3 is 9.47 Å². The molecule has 2 heterocycles. The van der Waals surface area contributed by atoms with Crippen molar-refractivity contribution in [3.05, 3.63) is 12.3 Å². The topological polar surface area (TPSA) is 35.5 Å². The smallest absolute Gasteiger partial charge is 0.162 e. The third kappa shape index (κ3) is 1.91. The summed E-state index contributed by atoms with van der Waals surface area (Å²) in [5.74, 6) is 0.174. The van der Waals surface area contributed by atoms with Crippen LogP contribution in [0.25, 0.3) is 0 Å². The zero-order valence-electron chi connectivity index (χ0n) is 7.62. The molecule has 0 amide bonds. The molecule has 2 aliphatic rings. The summed E-state index contributed by atoms with van der Waals surface area (Å²) in [5, 5.41) is 0. The number of carbonyl (C=O) groups excluding carboxylic acids is 1. The van der Waals surface area contributed by atoms with Crippen molar-refractivity contribution in [3.63, 3.8) is 0 Å². The minimum atomic E-state index is -0.248. The van der Waals surface area contributed by atoms with Gasteiger partial charge in [-0.3, -0.25) is 4.79 Å². The number of hydrogen-bond donors (Lipinski definition) is 0. The molecule has 3 nitrogen and oxygen atoms in total. The first-order chi connectivity index (χ1) is 6.31. The molecular formula is C10H14O3. The summed E-state index contributed by atoms with van der Waals surface area (Å²) >= 11 is 0. The van der Waals surface area contributed by atoms with Crippen LogP contribution in [0.5, 0.6) is 0 Å². The van der Waals surface area contributed by atoms with Gasteiger partial charge in [-0.1, -0.05) is 0 Å². The number of allylic oxidation sites excluding steroid dienone is 1. The molecule has 13 heavy (non-hydrogen) atoms. The van der Waals surface area contributed by atoms with Crippen molar-refractivity contribution in [2.45, 2.75) is 31.3 Å². The van der Waals surface area contributed by atoms with Crippen LogP contribution in [0.4, 0.5) is 0 Å². The van der Waals surface area contributed by atoms with E-state index in [0.29, 0.717) is 13.0 Å². The van der Waals surface area contributed by atoms with E-state index in [9.17, 15) is 4.79 Å². The zero-order valence-corrected chi connectivity index (χ0v) is 7.62. The van der Waals surface area contributed by atoms with Gasteiger partial charge in [-0.15, -0.1) is 0 Å². The minimum Gasteiger partial charge on any atom is -0.494 e. The van der Waals surface area contributed by atoms with E-state index in [-0.39, 0.29) is 11.4 Å². The molecule has 72 valence electrons. The molecule has 0 N–H and O–H groups in total. The van der Waals surface area contributed by atoms with E-state index in [2.05, 4.69) is 0 Å². The van der Waals surface area contributed by atoms with Crippen molar-refractivity contribution in [2.24, 2.45) is 0 Å². The van der Waals surface area contributed by atoms with Gasteiger partial charge in [0.1, 0.15) is 5.60 Å². The number of ketones is 1. The van der Waals surface area contributed by atoms with E-state index < -0.39 is 0 Å². The van der Waals surface area contributed by atoms with E-state index in [1.807, 2.05) is 0 Å². The molecule has 3 heteroatoms. The third-order valence-electron chi connectivity index (χ3n) is 2.69. The Bertz CT molecular complexity index is 224. The van der Waals surface area contributed by atoms with Crippen molar-refractivity contribution < 1.29 is 14.3 Å². The van der Waals surface area contributed by atoms with E-state index in [0.717, 1.165) is 25.9 Å². The highest BCUT2D eigenvalue weighted by atomic mass is 16.5. The van der Waals surface area contributed by atoms with Crippen LogP contribution in [0.2, 0.25) is 0 Å². The SMILES string of the molecule is O=C1C=COC2(CCCOCC2)C1. The number of hydrogen-bond acceptors (Lipinski definition) is 3. The van der Waals surface area contributed by atoms with E-state index in [1.54, 1.807) is 0 Å². The fraction of sp³-hybridized carbons (Fsp3) is 0.700. The standard InChI is InChI=1S/C10H14O3/c11-9-2-6-13-10(8-9)3-1-5-12-7-4-10/h2,6H,1,3-5,7-8H2. The van der Waals surface area contributed by atoms with Gasteiger partial charge in [0.05, 0.1) is 19.3 Å². The Hall–Kier alpha value is -0.830. The van der Waals surface area contributed by atoms with Crippen LogP contribution in [0, 0.1) is 0 Å². The summed E-state index contributed by atoms with van der Waals surface area (Å²) < 4.78 is 10.9. The summed E-state index contributed by atoms with van der Waals surface area (Å²) in [5.41, 5.74) is -0.248. The first-order valence-corrected chi connectivity index (χ1v) is 4.76. The lowest BCUT2D eigenvalue weighted by Gasteiger charge is -2.32. The molecule has 2 aliphatic heterocycles. The maximum absolute atomic E-state index is 11.2. The first kappa shape index (κ1) is 8.75. The quantitative estimate of drug-likeness (QED) is 0.568. The maximum Gasteiger partial charge on any atom is 0.162 e. The average molecular weight is 182 g/mol. The van der Waals surface area contributed by atoms with E-state index in [4.69, 9.17) is 9.47 Å². The average Bonchev–Trinajstić information content (AvgIpc) is 2.31. The Morgan fingerprint density at radius 3 is 3.08 bits per heavy atom. The number of carbonyl (C=O) groups is 1. The van der Waals surface area contributed by atoms with Crippen LogP contribution in [-0.4, -0.2) is 24.6 Å². The zero-order chi connectivity index (χ0) is 9.15. The Labute approximate surface area is 77.7 Å². The molecule has 2 rings (SSSR count). The summed E-state index contributed by atoms with van der Waals surface area (Å²) in [6.07, 6.45) is 6.33. The predicted molar refractivity (Wildman–Crippen MR) is 47.3 cm³/mol. The fourth-order valence-corrected chi connectivity index (χ4v) is 1.95. The summed E-state index contributed by atoms with van der Waals surface area (Å²) in [4.78, 5) is 11.2. The second-order valence-electron chi connectivity index (χ2n) is 3.71. The summed E-state index contributed by atoms with van der Waals surface area (Å²) in [6, 6.07) is 0. The van der Waals surface area contributed by atoms with Crippen LogP contribution in [0.3, 0.4) is 0 Å². The summed E-state index contributed by atoms with van der Waals surface area (Å²) in [6.45, 7) is 1.50. The highest BCUT2D eigenvalue weighted by molar-refractivity contribution is 5.90. The lowest BCUT2D eigenvalue weighted by molar-refractivity contribution is -0.123. The van der Waals surface area contributed by atoms with Crippen molar-refractivity contribution >= 4 is 5.78 Å². The van der Waals surface area contributed by atoms with Gasteiger partial charge in [0.2, 0.25) is 0 Å². The molecule has 0 saturated carbocycles. The van der Waals surface area contributed by atoms with Crippen molar-refractivity contribution in [1.29, 1.82) is 0 Å². The van der Waals surface area contributed by atoms with E-state index in [1.165, 1.54) is 12.3 Å². The van der Waals surface area contributed by atoms with Gasteiger partial charge in [-0.25, -0.2) is 0 Å². The molecule has 0 bridgehead atoms. The molecule has 1 fully saturated rings. The van der Waals surface area contributed by atoms with Crippen LogP contribution < -0.4 is 0 Å². The Morgan fingerprint density at radius 2 is 2.23 bits per heavy atom. The van der Waals surface area contributed by atoms with Gasteiger partial charge >= 0.3 is 0 Å². The number of ether oxygens (including phenoxy) is 2. The van der Waals surface area contributed by atoms with Gasteiger partial charge in [0.15, 0.2) is 5.78 Å². The Balaban J connectivity index is 2.09. The van der Waals surface area contributed by atoms with Gasteiger partial charge in [0, 0.05) is 19.1 Å². The number of rotatable bonds is 0. The highest BCUT2D eigenvalue weighted by Gasteiger charge is 2.36. The normalized spacial score (nSPS) is 34.3. The Morgan fingerprint density at radius 1 is 1.31 bits per heavy atom. The lowest BCUT2D eigenvalue weighted by atomic mass is 9.88. The second kappa shape index (κ2) is 3.50. The molecule has 0 aromatic carbocycles. The molecule has 1 unspecified atom stereocenters. The molecule has 1 spiro atoms. The molecule has 0 aromatic rings. The lowest BCUT2D eigenvalue weighted by Crippen LogP contribution is -2.36. The van der Waals surface area contributed by atoms with Gasteiger partial charge in [0.25, 0.3) is 0 Å². The highest BCUT2D eigenvalue weighted by Crippen LogP contribution is 2.32. The molecule has 0 aromatic heterocycles. The van der Waals surface area contributed by atoms with Crippen LogP contribution >= 0.6 is 0 Å². The molecule has 0 aliphatic carbocycles. The Kier molecular flexibility index (Phi) is 2.36. The second-order valence-corrected chi connectivity index (χ2v) is 3.71. The van der Waals surface area contributed by atoms with Crippen molar-refractivity contribution in [2.75, 3.05) is 13.2 Å². The molecular weight excluding hydrogens is 168 g/mol. The minimum absolute atomic E-state index is 0.174. The maximum atomic E-state index is 11.2. The van der Waals surface area contributed by atoms with Gasteiger partial charge in [-0.05, 0) is 12.8 Å². The largest absolute Gasteiger partial charge is 0.494 e. The molecule has 0 radical (unpaired) electrons. The third-order valence-corrected chi connectivity index (χ3v) is 2.69. The monoisotopic (exact) mass is 182 g/mol. The molecule has 1 saturated heterocycles. The predicted octanol–water partition coefficient (Wildman–Crippen LogP) is 1.43.